The van der Waals surface area contributed by atoms with E-state index in [1.54, 1.807) is 6.07 Å². The molecule has 2 rings (SSSR count). The molecule has 32 heavy (non-hydrogen) atoms. The lowest BCUT2D eigenvalue weighted by Crippen LogP contribution is -2.32. The van der Waals surface area contributed by atoms with Crippen LogP contribution in [0.1, 0.15) is 69.7 Å². The van der Waals surface area contributed by atoms with E-state index < -0.39 is 16.2 Å². The Labute approximate surface area is 193 Å². The predicted molar refractivity (Wildman–Crippen MR) is 130 cm³/mol. The zero-order chi connectivity index (χ0) is 24.3. The van der Waals surface area contributed by atoms with E-state index in [-0.39, 0.29) is 17.4 Å². The van der Waals surface area contributed by atoms with Gasteiger partial charge in [0.2, 0.25) is 0 Å². The quantitative estimate of drug-likeness (QED) is 0.496. The Morgan fingerprint density at radius 3 is 1.75 bits per heavy atom. The van der Waals surface area contributed by atoms with Gasteiger partial charge < -0.3 is 14.0 Å². The van der Waals surface area contributed by atoms with Crippen molar-refractivity contribution < 1.29 is 22.4 Å². The van der Waals surface area contributed by atoms with Crippen molar-refractivity contribution in [1.82, 2.24) is 0 Å². The number of benzene rings is 2. The summed E-state index contributed by atoms with van der Waals surface area (Å²) in [6, 6.07) is 11.9. The maximum absolute atomic E-state index is 11.5. The molecular formula is C26H38O5S. The van der Waals surface area contributed by atoms with E-state index in [2.05, 4.69) is 26.0 Å². The Morgan fingerprint density at radius 1 is 0.906 bits per heavy atom. The Morgan fingerprint density at radius 2 is 1.38 bits per heavy atom. The molecule has 0 aliphatic carbocycles. The van der Waals surface area contributed by atoms with Crippen LogP contribution >= 0.6 is 0 Å². The topological polar surface area (TPSA) is 72.8 Å². The second kappa shape index (κ2) is 9.84. The molecule has 6 heteroatoms. The highest BCUT2D eigenvalue weighted by Gasteiger charge is 2.32. The van der Waals surface area contributed by atoms with E-state index >= 15 is 0 Å². The van der Waals surface area contributed by atoms with Gasteiger partial charge in [0, 0.05) is 5.41 Å². The lowest BCUT2D eigenvalue weighted by molar-refractivity contribution is 0.0216. The molecule has 0 saturated heterocycles. The molecule has 0 aliphatic heterocycles. The number of hydrogen-bond acceptors (Lipinski definition) is 5. The summed E-state index contributed by atoms with van der Waals surface area (Å²) in [5.41, 5.74) is 3.65. The third-order valence-corrected chi connectivity index (χ3v) is 6.78. The van der Waals surface area contributed by atoms with Crippen molar-refractivity contribution in [3.63, 3.8) is 0 Å². The average molecular weight is 463 g/mol. The third-order valence-electron chi connectivity index (χ3n) is 6.30. The molecule has 0 bridgehead atoms. The summed E-state index contributed by atoms with van der Waals surface area (Å²) in [6.45, 7) is 14.4. The van der Waals surface area contributed by atoms with E-state index in [0.717, 1.165) is 41.5 Å². The van der Waals surface area contributed by atoms with Gasteiger partial charge in [-0.2, -0.15) is 8.42 Å². The third kappa shape index (κ3) is 6.04. The maximum atomic E-state index is 11.5. The molecule has 0 aromatic heterocycles. The van der Waals surface area contributed by atoms with Crippen molar-refractivity contribution in [3.05, 3.63) is 58.7 Å². The molecule has 0 unspecified atom stereocenters. The van der Waals surface area contributed by atoms with Crippen LogP contribution < -0.4 is 8.92 Å². The second-order valence-electron chi connectivity index (χ2n) is 9.73. The first-order valence-electron chi connectivity index (χ1n) is 11.2. The minimum Gasteiger partial charge on any atom is -0.491 e. The molecule has 1 N–H and O–H groups in total. The highest BCUT2D eigenvalue weighted by Crippen LogP contribution is 2.41. The number of aliphatic hydroxyl groups excluding tert-OH is 1. The summed E-state index contributed by atoms with van der Waals surface area (Å²) in [5.74, 6) is 1.13. The molecule has 2 aromatic rings. The van der Waals surface area contributed by atoms with Gasteiger partial charge in [0.1, 0.15) is 18.1 Å². The number of ether oxygens (including phenoxy) is 1. The molecule has 0 spiro atoms. The molecule has 1 atom stereocenters. The average Bonchev–Trinajstić information content (AvgIpc) is 2.68. The van der Waals surface area contributed by atoms with Crippen LogP contribution in [0.25, 0.3) is 0 Å². The van der Waals surface area contributed by atoms with Gasteiger partial charge in [-0.3, -0.25) is 0 Å². The molecule has 0 saturated carbocycles. The Hall–Kier alpha value is -2.05. The fourth-order valence-electron chi connectivity index (χ4n) is 3.96. The number of aryl methyl sites for hydroxylation is 2. The molecule has 0 amide bonds. The Balaban J connectivity index is 2.39. The van der Waals surface area contributed by atoms with Crippen LogP contribution in [0.15, 0.2) is 36.4 Å². The summed E-state index contributed by atoms with van der Waals surface area (Å²) >= 11 is 0. The molecule has 0 heterocycles. The van der Waals surface area contributed by atoms with Gasteiger partial charge in [-0.05, 0) is 66.5 Å². The number of rotatable bonds is 9. The summed E-state index contributed by atoms with van der Waals surface area (Å²) in [5, 5.41) is 10.3. The van der Waals surface area contributed by atoms with Crippen molar-refractivity contribution in [1.29, 1.82) is 0 Å². The van der Waals surface area contributed by atoms with Gasteiger partial charge in [-0.1, -0.05) is 58.9 Å². The van der Waals surface area contributed by atoms with Crippen LogP contribution in [0.2, 0.25) is 0 Å². The number of hydrogen-bond donors (Lipinski definition) is 1. The highest BCUT2D eigenvalue weighted by atomic mass is 32.2. The fourth-order valence-corrected chi connectivity index (χ4v) is 4.48. The minimum atomic E-state index is -3.57. The molecule has 0 radical (unpaired) electrons. The molecule has 0 fully saturated rings. The summed E-state index contributed by atoms with van der Waals surface area (Å²) in [7, 11) is -3.57. The van der Waals surface area contributed by atoms with E-state index in [1.807, 2.05) is 52.8 Å². The predicted octanol–water partition coefficient (Wildman–Crippen LogP) is 5.53. The van der Waals surface area contributed by atoms with Crippen LogP contribution in [0, 0.1) is 19.3 Å². The monoisotopic (exact) mass is 462 g/mol. The first-order chi connectivity index (χ1) is 14.7. The van der Waals surface area contributed by atoms with E-state index in [4.69, 9.17) is 8.92 Å². The lowest BCUT2D eigenvalue weighted by atomic mass is 9.70. The minimum absolute atomic E-state index is 0.220. The van der Waals surface area contributed by atoms with Crippen molar-refractivity contribution in [2.24, 2.45) is 5.41 Å². The van der Waals surface area contributed by atoms with Gasteiger partial charge in [-0.25, -0.2) is 0 Å². The second-order valence-corrected chi connectivity index (χ2v) is 11.3. The Bertz CT molecular complexity index is 1030. The zero-order valence-corrected chi connectivity index (χ0v) is 21.5. The first-order valence-corrected chi connectivity index (χ1v) is 13.0. The Kier molecular flexibility index (Phi) is 8.05. The zero-order valence-electron chi connectivity index (χ0n) is 20.7. The van der Waals surface area contributed by atoms with E-state index in [9.17, 15) is 13.5 Å². The van der Waals surface area contributed by atoms with Crippen LogP contribution in [0.5, 0.6) is 11.5 Å². The summed E-state index contributed by atoms with van der Waals surface area (Å²) in [6.07, 6.45) is 2.27. The van der Waals surface area contributed by atoms with Gasteiger partial charge in [0.05, 0.1) is 12.4 Å². The standard InChI is InChI=1S/C26H38O5S/c1-9-26(10-2,21-12-14-23(19(4)16-21)31-32(8,28)29)20-11-13-22(18(3)15-20)30-17-24(27)25(5,6)7/h11-16,24,27H,9-10,17H2,1-8H3/t24-/m0/s1. The van der Waals surface area contributed by atoms with Gasteiger partial charge in [-0.15, -0.1) is 0 Å². The van der Waals surface area contributed by atoms with Gasteiger partial charge in [0.15, 0.2) is 0 Å². The largest absolute Gasteiger partial charge is 0.491 e. The lowest BCUT2D eigenvalue weighted by Gasteiger charge is -2.34. The molecular weight excluding hydrogens is 424 g/mol. The van der Waals surface area contributed by atoms with E-state index in [1.165, 1.54) is 5.56 Å². The van der Waals surface area contributed by atoms with Gasteiger partial charge >= 0.3 is 10.1 Å². The smallest absolute Gasteiger partial charge is 0.306 e. The summed E-state index contributed by atoms with van der Waals surface area (Å²) in [4.78, 5) is 0. The first kappa shape index (κ1) is 26.2. The van der Waals surface area contributed by atoms with Crippen molar-refractivity contribution in [2.45, 2.75) is 72.8 Å². The van der Waals surface area contributed by atoms with Crippen molar-refractivity contribution in [3.8, 4) is 11.5 Å². The van der Waals surface area contributed by atoms with Gasteiger partial charge in [0.25, 0.3) is 0 Å². The van der Waals surface area contributed by atoms with Crippen molar-refractivity contribution in [2.75, 3.05) is 12.9 Å². The van der Waals surface area contributed by atoms with Crippen LogP contribution in [-0.2, 0) is 15.5 Å². The van der Waals surface area contributed by atoms with Crippen LogP contribution in [0.3, 0.4) is 0 Å². The molecule has 5 nitrogen and oxygen atoms in total. The molecule has 178 valence electrons. The maximum Gasteiger partial charge on any atom is 0.306 e. The normalized spacial score (nSPS) is 13.7. The van der Waals surface area contributed by atoms with E-state index in [0.29, 0.717) is 5.75 Å². The molecule has 0 aliphatic rings. The van der Waals surface area contributed by atoms with Crippen LogP contribution in [0.4, 0.5) is 0 Å². The van der Waals surface area contributed by atoms with Crippen molar-refractivity contribution >= 4 is 10.1 Å². The highest BCUT2D eigenvalue weighted by molar-refractivity contribution is 7.86. The number of aliphatic hydroxyl groups is 1. The fraction of sp³-hybridized carbons (Fsp3) is 0.538. The summed E-state index contributed by atoms with van der Waals surface area (Å²) < 4.78 is 34.1. The molecule has 2 aromatic carbocycles. The SMILES string of the molecule is CCC(CC)(c1ccc(OC[C@H](O)C(C)(C)C)c(C)c1)c1ccc(OS(C)(=O)=O)c(C)c1. The van der Waals surface area contributed by atoms with Crippen LogP contribution in [-0.4, -0.2) is 32.5 Å².